The number of carbonyl (C=O) groups is 1. The van der Waals surface area contributed by atoms with Crippen molar-refractivity contribution in [3.8, 4) is 0 Å². The lowest BCUT2D eigenvalue weighted by Crippen LogP contribution is -2.31. The molecule has 0 aliphatic heterocycles. The summed E-state index contributed by atoms with van der Waals surface area (Å²) in [4.78, 5) is 12.2. The van der Waals surface area contributed by atoms with Crippen LogP contribution in [0.3, 0.4) is 0 Å². The second-order valence-electron chi connectivity index (χ2n) is 4.49. The number of nitrogens with two attached hydrogens (primary N) is 1. The second-order valence-corrected chi connectivity index (χ2v) is 5.40. The van der Waals surface area contributed by atoms with E-state index in [1.165, 1.54) is 11.3 Å². The second kappa shape index (κ2) is 4.00. The number of amides is 1. The first kappa shape index (κ1) is 11.0. The summed E-state index contributed by atoms with van der Waals surface area (Å²) in [7, 11) is 0. The van der Waals surface area contributed by atoms with Crippen LogP contribution in [0.15, 0.2) is 11.4 Å². The van der Waals surface area contributed by atoms with Crippen LogP contribution in [-0.4, -0.2) is 12.5 Å². The molecule has 0 aliphatic rings. The third-order valence-corrected chi connectivity index (χ3v) is 2.57. The van der Waals surface area contributed by atoms with E-state index in [2.05, 4.69) is 26.1 Å². The fraction of sp³-hybridized carbons (Fsp3) is 0.500. The van der Waals surface area contributed by atoms with Gasteiger partial charge >= 0.3 is 0 Å². The fourth-order valence-corrected chi connectivity index (χ4v) is 1.62. The van der Waals surface area contributed by atoms with Gasteiger partial charge in [0.05, 0.1) is 4.88 Å². The number of nitrogens with one attached hydrogen (secondary N) is 1. The highest BCUT2D eigenvalue weighted by Crippen LogP contribution is 2.16. The molecule has 0 saturated heterocycles. The fourth-order valence-electron chi connectivity index (χ4n) is 0.903. The maximum Gasteiger partial charge on any atom is 0.261 e. The first-order valence-electron chi connectivity index (χ1n) is 4.51. The van der Waals surface area contributed by atoms with E-state index in [-0.39, 0.29) is 11.3 Å². The van der Waals surface area contributed by atoms with E-state index in [1.807, 2.05) is 0 Å². The summed E-state index contributed by atoms with van der Waals surface area (Å²) in [5.41, 5.74) is 6.29. The molecule has 14 heavy (non-hydrogen) atoms. The average Bonchev–Trinajstić information content (AvgIpc) is 2.46. The lowest BCUT2D eigenvalue weighted by atomic mass is 9.97. The highest BCUT2D eigenvalue weighted by molar-refractivity contribution is 7.12. The molecule has 0 saturated carbocycles. The van der Waals surface area contributed by atoms with Gasteiger partial charge in [0.15, 0.2) is 0 Å². The number of hydrogen-bond donors (Lipinski definition) is 2. The van der Waals surface area contributed by atoms with Gasteiger partial charge in [-0.3, -0.25) is 4.79 Å². The first-order chi connectivity index (χ1) is 6.38. The normalized spacial score (nSPS) is 11.4. The van der Waals surface area contributed by atoms with Gasteiger partial charge in [-0.25, -0.2) is 0 Å². The predicted molar refractivity (Wildman–Crippen MR) is 60.5 cm³/mol. The maximum absolute atomic E-state index is 11.5. The van der Waals surface area contributed by atoms with Gasteiger partial charge in [-0.2, -0.15) is 0 Å². The largest absolute Gasteiger partial charge is 0.398 e. The van der Waals surface area contributed by atoms with Gasteiger partial charge in [0.1, 0.15) is 0 Å². The molecule has 3 N–H and O–H groups in total. The van der Waals surface area contributed by atoms with Crippen molar-refractivity contribution in [3.63, 3.8) is 0 Å². The Labute approximate surface area is 88.3 Å². The Kier molecular flexibility index (Phi) is 3.16. The van der Waals surface area contributed by atoms with E-state index in [4.69, 9.17) is 5.73 Å². The minimum absolute atomic E-state index is 0.0402. The summed E-state index contributed by atoms with van der Waals surface area (Å²) in [6.45, 7) is 6.91. The third kappa shape index (κ3) is 3.38. The molecule has 1 aromatic rings. The van der Waals surface area contributed by atoms with Crippen molar-refractivity contribution in [1.82, 2.24) is 5.32 Å². The number of thiophene rings is 1. The molecule has 4 heteroatoms. The molecule has 1 rings (SSSR count). The van der Waals surface area contributed by atoms with Crippen LogP contribution in [0.25, 0.3) is 0 Å². The van der Waals surface area contributed by atoms with E-state index in [1.54, 1.807) is 11.4 Å². The van der Waals surface area contributed by atoms with Crippen LogP contribution in [-0.2, 0) is 0 Å². The topological polar surface area (TPSA) is 55.1 Å². The molecule has 3 nitrogen and oxygen atoms in total. The first-order valence-corrected chi connectivity index (χ1v) is 5.39. The zero-order valence-corrected chi connectivity index (χ0v) is 9.57. The van der Waals surface area contributed by atoms with Crippen LogP contribution in [0.5, 0.6) is 0 Å². The Morgan fingerprint density at radius 2 is 2.21 bits per heavy atom. The van der Waals surface area contributed by atoms with Crippen molar-refractivity contribution in [2.45, 2.75) is 20.8 Å². The molecule has 0 fully saturated rings. The highest BCUT2D eigenvalue weighted by Gasteiger charge is 2.13. The number of carbonyl (C=O) groups excluding carboxylic acids is 1. The molecule has 1 aromatic heterocycles. The van der Waals surface area contributed by atoms with Crippen molar-refractivity contribution in [1.29, 1.82) is 0 Å². The monoisotopic (exact) mass is 212 g/mol. The van der Waals surface area contributed by atoms with Crippen LogP contribution in [0.2, 0.25) is 0 Å². The quantitative estimate of drug-likeness (QED) is 0.788. The van der Waals surface area contributed by atoms with Gasteiger partial charge in [-0.1, -0.05) is 20.8 Å². The van der Waals surface area contributed by atoms with Gasteiger partial charge in [-0.15, -0.1) is 11.3 Å². The Bertz CT molecular complexity index is 325. The summed E-state index contributed by atoms with van der Waals surface area (Å²) in [6.07, 6.45) is 0. The van der Waals surface area contributed by atoms with E-state index >= 15 is 0 Å². The summed E-state index contributed by atoms with van der Waals surface area (Å²) in [6, 6.07) is 1.70. The molecule has 78 valence electrons. The Morgan fingerprint density at radius 1 is 1.57 bits per heavy atom. The molecule has 0 atom stereocenters. The Balaban J connectivity index is 2.52. The molecular weight excluding hydrogens is 196 g/mol. The number of hydrogen-bond acceptors (Lipinski definition) is 3. The van der Waals surface area contributed by atoms with Crippen molar-refractivity contribution in [2.24, 2.45) is 5.41 Å². The third-order valence-electron chi connectivity index (χ3n) is 1.62. The predicted octanol–water partition coefficient (Wildman–Crippen LogP) is 2.11. The summed E-state index contributed by atoms with van der Waals surface area (Å²) < 4.78 is 0. The Morgan fingerprint density at radius 3 is 2.64 bits per heavy atom. The molecule has 0 aliphatic carbocycles. The smallest absolute Gasteiger partial charge is 0.261 e. The molecule has 1 heterocycles. The van der Waals surface area contributed by atoms with Gasteiger partial charge < -0.3 is 11.1 Å². The number of anilines is 1. The maximum atomic E-state index is 11.5. The van der Waals surface area contributed by atoms with Crippen molar-refractivity contribution in [2.75, 3.05) is 12.3 Å². The molecule has 0 bridgehead atoms. The number of nitrogen functional groups attached to an aromatic ring is 1. The van der Waals surface area contributed by atoms with Gasteiger partial charge in [-0.05, 0) is 11.5 Å². The molecule has 0 spiro atoms. The minimum atomic E-state index is -0.0402. The zero-order valence-electron chi connectivity index (χ0n) is 8.76. The molecule has 1 amide bonds. The van der Waals surface area contributed by atoms with Crippen LogP contribution < -0.4 is 11.1 Å². The molecule has 0 aromatic carbocycles. The standard InChI is InChI=1S/C10H16N2OS/c1-10(2,3)6-12-9(13)8-4-7(11)5-14-8/h4-5H,6,11H2,1-3H3,(H,12,13). The highest BCUT2D eigenvalue weighted by atomic mass is 32.1. The van der Waals surface area contributed by atoms with E-state index in [9.17, 15) is 4.79 Å². The summed E-state index contributed by atoms with van der Waals surface area (Å²) in [5.74, 6) is -0.0402. The van der Waals surface area contributed by atoms with Crippen molar-refractivity contribution >= 4 is 22.9 Å². The van der Waals surface area contributed by atoms with E-state index in [0.717, 1.165) is 0 Å². The average molecular weight is 212 g/mol. The van der Waals surface area contributed by atoms with Gasteiger partial charge in [0.25, 0.3) is 5.91 Å². The lowest BCUT2D eigenvalue weighted by molar-refractivity contribution is 0.0943. The molecule has 0 unspecified atom stereocenters. The van der Waals surface area contributed by atoms with Crippen LogP contribution in [0.1, 0.15) is 30.4 Å². The lowest BCUT2D eigenvalue weighted by Gasteiger charge is -2.18. The SMILES string of the molecule is CC(C)(C)CNC(=O)c1cc(N)cs1. The van der Waals surface area contributed by atoms with E-state index < -0.39 is 0 Å². The zero-order chi connectivity index (χ0) is 10.8. The minimum Gasteiger partial charge on any atom is -0.398 e. The Hall–Kier alpha value is -1.03. The van der Waals surface area contributed by atoms with Crippen molar-refractivity contribution < 1.29 is 4.79 Å². The summed E-state index contributed by atoms with van der Waals surface area (Å²) >= 11 is 1.37. The van der Waals surface area contributed by atoms with Gasteiger partial charge in [0.2, 0.25) is 0 Å². The number of rotatable bonds is 2. The summed E-state index contributed by atoms with van der Waals surface area (Å²) in [5, 5.41) is 4.64. The van der Waals surface area contributed by atoms with Crippen LogP contribution in [0.4, 0.5) is 5.69 Å². The molecular formula is C10H16N2OS. The van der Waals surface area contributed by atoms with E-state index in [0.29, 0.717) is 17.1 Å². The van der Waals surface area contributed by atoms with Gasteiger partial charge in [0, 0.05) is 17.6 Å². The molecule has 0 radical (unpaired) electrons. The van der Waals surface area contributed by atoms with Crippen LogP contribution >= 0.6 is 11.3 Å². The van der Waals surface area contributed by atoms with Crippen molar-refractivity contribution in [3.05, 3.63) is 16.3 Å². The van der Waals surface area contributed by atoms with Crippen LogP contribution in [0, 0.1) is 5.41 Å².